The average molecular weight is 569 g/mol. The van der Waals surface area contributed by atoms with Crippen molar-refractivity contribution in [2.75, 3.05) is 0 Å². The first-order valence-electron chi connectivity index (χ1n) is 9.53. The van der Waals surface area contributed by atoms with Gasteiger partial charge in [-0.3, -0.25) is 4.79 Å². The molecule has 178 valence electrons. The SMILES string of the molecule is O=C(NCc1ccc(Cl)nc1)c1ccc(/C=C/C(c2cc(Cl)c(Cl)c(Cl)c2)C(F)(F)F)cc1Cl. The summed E-state index contributed by atoms with van der Waals surface area (Å²) in [4.78, 5) is 16.4. The van der Waals surface area contributed by atoms with E-state index >= 15 is 0 Å². The molecule has 1 unspecified atom stereocenters. The maximum Gasteiger partial charge on any atom is 0.399 e. The van der Waals surface area contributed by atoms with Gasteiger partial charge in [0.2, 0.25) is 0 Å². The zero-order valence-corrected chi connectivity index (χ0v) is 20.7. The number of nitrogens with one attached hydrogen (secondary N) is 1. The van der Waals surface area contributed by atoms with Gasteiger partial charge >= 0.3 is 6.18 Å². The van der Waals surface area contributed by atoms with Crippen LogP contribution in [0.25, 0.3) is 6.08 Å². The number of alkyl halides is 3. The third-order valence-electron chi connectivity index (χ3n) is 4.68. The van der Waals surface area contributed by atoms with Crippen molar-refractivity contribution in [3.05, 3.63) is 102 Å². The van der Waals surface area contributed by atoms with E-state index in [1.807, 2.05) is 0 Å². The molecule has 11 heteroatoms. The largest absolute Gasteiger partial charge is 0.399 e. The number of pyridine rings is 1. The lowest BCUT2D eigenvalue weighted by atomic mass is 9.97. The zero-order chi connectivity index (χ0) is 25.0. The molecule has 0 saturated heterocycles. The van der Waals surface area contributed by atoms with Crippen molar-refractivity contribution in [1.29, 1.82) is 0 Å². The molecule has 2 aromatic carbocycles. The first kappa shape index (κ1) is 26.6. The summed E-state index contributed by atoms with van der Waals surface area (Å²) in [5.74, 6) is -2.44. The Morgan fingerprint density at radius 1 is 0.971 bits per heavy atom. The van der Waals surface area contributed by atoms with E-state index in [0.29, 0.717) is 10.7 Å². The molecular formula is C23H14Cl5F3N2O. The van der Waals surface area contributed by atoms with Crippen LogP contribution < -0.4 is 5.32 Å². The average Bonchev–Trinajstić information content (AvgIpc) is 2.76. The number of amides is 1. The number of halogens is 8. The lowest BCUT2D eigenvalue weighted by Crippen LogP contribution is -2.23. The van der Waals surface area contributed by atoms with Gasteiger partial charge in [-0.2, -0.15) is 13.2 Å². The molecule has 1 amide bonds. The predicted molar refractivity (Wildman–Crippen MR) is 131 cm³/mol. The van der Waals surface area contributed by atoms with E-state index in [9.17, 15) is 18.0 Å². The normalized spacial score (nSPS) is 12.7. The van der Waals surface area contributed by atoms with Gasteiger partial charge in [-0.1, -0.05) is 82.3 Å². The van der Waals surface area contributed by atoms with Gasteiger partial charge in [-0.15, -0.1) is 0 Å². The number of allylic oxidation sites excluding steroid dienone is 1. The highest BCUT2D eigenvalue weighted by atomic mass is 35.5. The second-order valence-electron chi connectivity index (χ2n) is 7.09. The number of aromatic nitrogens is 1. The van der Waals surface area contributed by atoms with E-state index in [1.165, 1.54) is 30.5 Å². The van der Waals surface area contributed by atoms with Crippen LogP contribution in [-0.2, 0) is 6.54 Å². The summed E-state index contributed by atoms with van der Waals surface area (Å²) in [6.07, 6.45) is -0.885. The number of carbonyl (C=O) groups is 1. The molecule has 3 aromatic rings. The van der Waals surface area contributed by atoms with E-state index < -0.39 is 18.0 Å². The molecule has 3 nitrogen and oxygen atoms in total. The second kappa shape index (κ2) is 11.2. The second-order valence-corrected chi connectivity index (χ2v) is 9.07. The Bertz CT molecular complexity index is 1210. The smallest absolute Gasteiger partial charge is 0.348 e. The Morgan fingerprint density at radius 3 is 2.21 bits per heavy atom. The zero-order valence-electron chi connectivity index (χ0n) is 16.9. The van der Waals surface area contributed by atoms with Crippen LogP contribution in [-0.4, -0.2) is 17.1 Å². The Labute approximate surface area is 218 Å². The summed E-state index contributed by atoms with van der Waals surface area (Å²) in [7, 11) is 0. The molecule has 1 aromatic heterocycles. The summed E-state index contributed by atoms with van der Waals surface area (Å²) in [5, 5.41) is 2.91. The molecule has 0 spiro atoms. The van der Waals surface area contributed by atoms with Crippen LogP contribution in [0.4, 0.5) is 13.2 Å². The molecule has 0 saturated carbocycles. The lowest BCUT2D eigenvalue weighted by molar-refractivity contribution is -0.139. The van der Waals surface area contributed by atoms with Crippen molar-refractivity contribution >= 4 is 70.0 Å². The monoisotopic (exact) mass is 566 g/mol. The van der Waals surface area contributed by atoms with Crippen LogP contribution in [0.3, 0.4) is 0 Å². The Morgan fingerprint density at radius 2 is 1.65 bits per heavy atom. The number of hydrogen-bond donors (Lipinski definition) is 1. The molecule has 0 bridgehead atoms. The minimum Gasteiger partial charge on any atom is -0.348 e. The molecule has 0 fully saturated rings. The fourth-order valence-corrected chi connectivity index (χ4v) is 3.98. The van der Waals surface area contributed by atoms with Crippen molar-refractivity contribution in [3.63, 3.8) is 0 Å². The van der Waals surface area contributed by atoms with Crippen molar-refractivity contribution in [3.8, 4) is 0 Å². The maximum atomic E-state index is 13.7. The van der Waals surface area contributed by atoms with Gasteiger partial charge in [-0.25, -0.2) is 4.98 Å². The summed E-state index contributed by atoms with van der Waals surface area (Å²) in [6, 6.07) is 9.85. The van der Waals surface area contributed by atoms with Gasteiger partial charge in [0.25, 0.3) is 5.91 Å². The highest BCUT2D eigenvalue weighted by molar-refractivity contribution is 6.48. The molecule has 1 atom stereocenters. The number of nitrogens with zero attached hydrogens (tertiary/aromatic N) is 1. The Kier molecular flexibility index (Phi) is 8.77. The van der Waals surface area contributed by atoms with E-state index in [0.717, 1.165) is 23.8 Å². The van der Waals surface area contributed by atoms with E-state index in [4.69, 9.17) is 58.0 Å². The maximum absolute atomic E-state index is 13.7. The van der Waals surface area contributed by atoms with Gasteiger partial charge in [0.15, 0.2) is 0 Å². The summed E-state index contributed by atoms with van der Waals surface area (Å²) in [5.41, 5.74) is 1.10. The molecule has 0 aliphatic heterocycles. The topological polar surface area (TPSA) is 42.0 Å². The van der Waals surface area contributed by atoms with Gasteiger partial charge in [-0.05, 0) is 47.0 Å². The lowest BCUT2D eigenvalue weighted by Gasteiger charge is -2.18. The standard InChI is InChI=1S/C23H14Cl5F3N2O/c24-17-7-12(1-4-15(17)22(34)33-11-13-3-6-20(27)32-10-13)2-5-16(23(29,30)31)14-8-18(25)21(28)19(26)9-14/h1-10,16H,11H2,(H,33,34)/b5-2+. The van der Waals surface area contributed by atoms with Crippen LogP contribution in [0.15, 0.2) is 54.7 Å². The van der Waals surface area contributed by atoms with Crippen LogP contribution in [0.1, 0.15) is 33.0 Å². The molecule has 0 aliphatic carbocycles. The third kappa shape index (κ3) is 6.80. The van der Waals surface area contributed by atoms with Gasteiger partial charge in [0, 0.05) is 12.7 Å². The van der Waals surface area contributed by atoms with Crippen LogP contribution in [0.5, 0.6) is 0 Å². The molecule has 0 aliphatic rings. The highest BCUT2D eigenvalue weighted by Crippen LogP contribution is 2.41. The van der Waals surface area contributed by atoms with Crippen molar-refractivity contribution < 1.29 is 18.0 Å². The molecular weight excluding hydrogens is 555 g/mol. The van der Waals surface area contributed by atoms with Gasteiger partial charge in [0.05, 0.1) is 31.6 Å². The highest BCUT2D eigenvalue weighted by Gasteiger charge is 2.39. The summed E-state index contributed by atoms with van der Waals surface area (Å²) >= 11 is 29.6. The van der Waals surface area contributed by atoms with Crippen molar-refractivity contribution in [2.24, 2.45) is 0 Å². The van der Waals surface area contributed by atoms with Gasteiger partial charge in [0.1, 0.15) is 5.15 Å². The number of carbonyl (C=O) groups excluding carboxylic acids is 1. The first-order chi connectivity index (χ1) is 16.0. The van der Waals surface area contributed by atoms with E-state index in [2.05, 4.69) is 10.3 Å². The minimum atomic E-state index is -4.61. The van der Waals surface area contributed by atoms with Gasteiger partial charge < -0.3 is 5.32 Å². The fourth-order valence-electron chi connectivity index (χ4n) is 2.98. The molecule has 1 N–H and O–H groups in total. The number of hydrogen-bond acceptors (Lipinski definition) is 2. The number of benzene rings is 2. The quantitative estimate of drug-likeness (QED) is 0.239. The Balaban J connectivity index is 1.77. The predicted octanol–water partition coefficient (Wildman–Crippen LogP) is 8.64. The first-order valence-corrected chi connectivity index (χ1v) is 11.4. The molecule has 1 heterocycles. The summed E-state index contributed by atoms with van der Waals surface area (Å²) in [6.45, 7) is 0.195. The summed E-state index contributed by atoms with van der Waals surface area (Å²) < 4.78 is 41.1. The minimum absolute atomic E-state index is 0.0232. The van der Waals surface area contributed by atoms with E-state index in [-0.39, 0.29) is 37.8 Å². The van der Waals surface area contributed by atoms with Crippen molar-refractivity contribution in [1.82, 2.24) is 10.3 Å². The third-order valence-corrected chi connectivity index (χ3v) is 6.41. The van der Waals surface area contributed by atoms with Crippen LogP contribution in [0.2, 0.25) is 25.2 Å². The van der Waals surface area contributed by atoms with Crippen LogP contribution >= 0.6 is 58.0 Å². The van der Waals surface area contributed by atoms with E-state index in [1.54, 1.807) is 12.1 Å². The fraction of sp³-hybridized carbons (Fsp3) is 0.130. The number of rotatable bonds is 6. The molecule has 3 rings (SSSR count). The van der Waals surface area contributed by atoms with Crippen LogP contribution in [0, 0.1) is 0 Å². The molecule has 34 heavy (non-hydrogen) atoms. The molecule has 0 radical (unpaired) electrons. The van der Waals surface area contributed by atoms with Crippen molar-refractivity contribution in [2.45, 2.75) is 18.6 Å². The Hall–Kier alpha value is -1.96.